The van der Waals surface area contributed by atoms with E-state index in [4.69, 9.17) is 0 Å². The van der Waals surface area contributed by atoms with Gasteiger partial charge in [-0.25, -0.2) is 0 Å². The first-order valence-corrected chi connectivity index (χ1v) is 9.06. The molecule has 0 radical (unpaired) electrons. The van der Waals surface area contributed by atoms with E-state index in [1.807, 2.05) is 7.05 Å². The van der Waals surface area contributed by atoms with Gasteiger partial charge in [0, 0.05) is 58.3 Å². The molecule has 2 heterocycles. The summed E-state index contributed by atoms with van der Waals surface area (Å²) in [4.78, 5) is 11.8. The lowest BCUT2D eigenvalue weighted by Gasteiger charge is -2.38. The van der Waals surface area contributed by atoms with E-state index in [2.05, 4.69) is 69.4 Å². The minimum Gasteiger partial charge on any atom is -0.355 e. The molecule has 2 aliphatic heterocycles. The van der Waals surface area contributed by atoms with Crippen molar-refractivity contribution in [3.05, 3.63) is 35.9 Å². The standard InChI is InChI=1S/C19H31N5.HI/c1-20-19(21-13-18-15-22(2)11-12-23(18)3)24-10-9-17(14-24)16-7-5-4-6-8-16;/h4-8,17-18H,9-15H2,1-3H3,(H,20,21);1H. The smallest absolute Gasteiger partial charge is 0.193 e. The fourth-order valence-corrected chi connectivity index (χ4v) is 3.81. The van der Waals surface area contributed by atoms with Crippen molar-refractivity contribution in [3.8, 4) is 0 Å². The zero-order chi connectivity index (χ0) is 16.9. The van der Waals surface area contributed by atoms with Gasteiger partial charge in [-0.2, -0.15) is 0 Å². The topological polar surface area (TPSA) is 34.1 Å². The van der Waals surface area contributed by atoms with Gasteiger partial charge in [0.05, 0.1) is 0 Å². The monoisotopic (exact) mass is 457 g/mol. The number of guanidine groups is 1. The second-order valence-corrected chi connectivity index (χ2v) is 7.17. The number of nitrogens with one attached hydrogen (secondary N) is 1. The summed E-state index contributed by atoms with van der Waals surface area (Å²) < 4.78 is 0. The molecule has 1 aromatic rings. The third-order valence-electron chi connectivity index (χ3n) is 5.45. The number of nitrogens with zero attached hydrogens (tertiary/aromatic N) is 4. The summed E-state index contributed by atoms with van der Waals surface area (Å²) in [5, 5.41) is 3.61. The lowest BCUT2D eigenvalue weighted by atomic mass is 9.99. The van der Waals surface area contributed by atoms with Crippen LogP contribution in [0.15, 0.2) is 35.3 Å². The molecule has 6 heteroatoms. The molecule has 0 spiro atoms. The molecule has 25 heavy (non-hydrogen) atoms. The minimum atomic E-state index is 0. The van der Waals surface area contributed by atoms with Crippen molar-refractivity contribution in [2.75, 3.05) is 60.4 Å². The highest BCUT2D eigenvalue weighted by molar-refractivity contribution is 14.0. The molecule has 0 bridgehead atoms. The molecule has 2 atom stereocenters. The van der Waals surface area contributed by atoms with Crippen LogP contribution in [-0.4, -0.2) is 87.1 Å². The maximum absolute atomic E-state index is 4.53. The van der Waals surface area contributed by atoms with Crippen molar-refractivity contribution in [2.45, 2.75) is 18.4 Å². The summed E-state index contributed by atoms with van der Waals surface area (Å²) in [6, 6.07) is 11.4. The first-order valence-electron chi connectivity index (χ1n) is 9.06. The molecule has 0 aliphatic carbocycles. The van der Waals surface area contributed by atoms with Gasteiger partial charge in [-0.3, -0.25) is 9.89 Å². The van der Waals surface area contributed by atoms with Crippen LogP contribution in [0.5, 0.6) is 0 Å². The van der Waals surface area contributed by atoms with Crippen molar-refractivity contribution in [1.29, 1.82) is 0 Å². The Hall–Kier alpha value is -0.860. The SMILES string of the molecule is CN=C(NCC1CN(C)CCN1C)N1CCC(c2ccccc2)C1.I. The van der Waals surface area contributed by atoms with Crippen molar-refractivity contribution < 1.29 is 0 Å². The number of hydrogen-bond acceptors (Lipinski definition) is 3. The van der Waals surface area contributed by atoms with Crippen LogP contribution in [-0.2, 0) is 0 Å². The van der Waals surface area contributed by atoms with Gasteiger partial charge in [0.15, 0.2) is 5.96 Å². The Morgan fingerprint density at radius 1 is 1.12 bits per heavy atom. The molecule has 2 saturated heterocycles. The molecular formula is C19H32IN5. The van der Waals surface area contributed by atoms with Crippen LogP contribution in [0, 0.1) is 0 Å². The van der Waals surface area contributed by atoms with Gasteiger partial charge in [0.1, 0.15) is 0 Å². The van der Waals surface area contributed by atoms with Crippen molar-refractivity contribution in [1.82, 2.24) is 20.0 Å². The Morgan fingerprint density at radius 2 is 1.88 bits per heavy atom. The summed E-state index contributed by atoms with van der Waals surface area (Å²) in [5.74, 6) is 1.67. The normalized spacial score (nSPS) is 25.7. The van der Waals surface area contributed by atoms with E-state index in [1.54, 1.807) is 0 Å². The summed E-state index contributed by atoms with van der Waals surface area (Å²) in [6.45, 7) is 6.52. The molecule has 0 aromatic heterocycles. The van der Waals surface area contributed by atoms with E-state index in [0.29, 0.717) is 12.0 Å². The quantitative estimate of drug-likeness (QED) is 0.428. The second-order valence-electron chi connectivity index (χ2n) is 7.17. The highest BCUT2D eigenvalue weighted by Crippen LogP contribution is 2.26. The molecule has 1 N–H and O–H groups in total. The number of piperazine rings is 1. The summed E-state index contributed by atoms with van der Waals surface area (Å²) >= 11 is 0. The van der Waals surface area contributed by atoms with E-state index in [0.717, 1.165) is 45.2 Å². The van der Waals surface area contributed by atoms with Gasteiger partial charge in [-0.05, 0) is 26.1 Å². The van der Waals surface area contributed by atoms with Crippen LogP contribution in [0.1, 0.15) is 17.9 Å². The van der Waals surface area contributed by atoms with Crippen molar-refractivity contribution >= 4 is 29.9 Å². The maximum Gasteiger partial charge on any atom is 0.193 e. The van der Waals surface area contributed by atoms with Crippen LogP contribution in [0.2, 0.25) is 0 Å². The third-order valence-corrected chi connectivity index (χ3v) is 5.45. The molecular weight excluding hydrogens is 425 g/mol. The van der Waals surface area contributed by atoms with Crippen LogP contribution in [0.25, 0.3) is 0 Å². The van der Waals surface area contributed by atoms with Crippen molar-refractivity contribution in [2.24, 2.45) is 4.99 Å². The Kier molecular flexibility index (Phi) is 7.96. The summed E-state index contributed by atoms with van der Waals surface area (Å²) in [7, 11) is 6.33. The Morgan fingerprint density at radius 3 is 2.60 bits per heavy atom. The first-order chi connectivity index (χ1) is 11.7. The Labute approximate surface area is 169 Å². The predicted octanol–water partition coefficient (Wildman–Crippen LogP) is 1.92. The average molecular weight is 457 g/mol. The third kappa shape index (κ3) is 5.31. The number of halogens is 1. The number of hydrogen-bond donors (Lipinski definition) is 1. The van der Waals surface area contributed by atoms with Gasteiger partial charge in [0.2, 0.25) is 0 Å². The number of benzene rings is 1. The highest BCUT2D eigenvalue weighted by atomic mass is 127. The summed E-state index contributed by atoms with van der Waals surface area (Å²) in [6.07, 6.45) is 1.21. The second kappa shape index (κ2) is 9.73. The fraction of sp³-hybridized carbons (Fsp3) is 0.632. The molecule has 140 valence electrons. The van der Waals surface area contributed by atoms with Crippen LogP contribution >= 0.6 is 24.0 Å². The Bertz CT molecular complexity index is 550. The van der Waals surface area contributed by atoms with Crippen LogP contribution in [0.3, 0.4) is 0 Å². The number of rotatable bonds is 3. The molecule has 2 unspecified atom stereocenters. The zero-order valence-electron chi connectivity index (χ0n) is 15.7. The number of aliphatic imine (C=N–C) groups is 1. The first kappa shape index (κ1) is 20.5. The van der Waals surface area contributed by atoms with Gasteiger partial charge >= 0.3 is 0 Å². The number of likely N-dealkylation sites (N-methyl/N-ethyl adjacent to an activating group) is 2. The van der Waals surface area contributed by atoms with Crippen molar-refractivity contribution in [3.63, 3.8) is 0 Å². The van der Waals surface area contributed by atoms with Crippen LogP contribution < -0.4 is 5.32 Å². The van der Waals surface area contributed by atoms with Gasteiger partial charge in [-0.15, -0.1) is 24.0 Å². The molecule has 0 saturated carbocycles. The molecule has 5 nitrogen and oxygen atoms in total. The lowest BCUT2D eigenvalue weighted by Crippen LogP contribution is -2.55. The largest absolute Gasteiger partial charge is 0.355 e. The molecule has 0 amide bonds. The Balaban J connectivity index is 0.00000225. The molecule has 2 aliphatic rings. The molecule has 3 rings (SSSR count). The summed E-state index contributed by atoms with van der Waals surface area (Å²) in [5.41, 5.74) is 1.45. The zero-order valence-corrected chi connectivity index (χ0v) is 18.0. The number of likely N-dealkylation sites (tertiary alicyclic amines) is 1. The highest BCUT2D eigenvalue weighted by Gasteiger charge is 2.27. The molecule has 1 aromatic carbocycles. The van der Waals surface area contributed by atoms with E-state index in [-0.39, 0.29) is 24.0 Å². The minimum absolute atomic E-state index is 0. The predicted molar refractivity (Wildman–Crippen MR) is 116 cm³/mol. The van der Waals surface area contributed by atoms with Gasteiger partial charge < -0.3 is 15.1 Å². The van der Waals surface area contributed by atoms with Gasteiger partial charge in [-0.1, -0.05) is 30.3 Å². The fourth-order valence-electron chi connectivity index (χ4n) is 3.81. The average Bonchev–Trinajstić information content (AvgIpc) is 3.09. The van der Waals surface area contributed by atoms with E-state index in [9.17, 15) is 0 Å². The van der Waals surface area contributed by atoms with E-state index in [1.165, 1.54) is 12.0 Å². The van der Waals surface area contributed by atoms with Gasteiger partial charge in [0.25, 0.3) is 0 Å². The van der Waals surface area contributed by atoms with E-state index < -0.39 is 0 Å². The van der Waals surface area contributed by atoms with Crippen LogP contribution in [0.4, 0.5) is 0 Å². The maximum atomic E-state index is 4.53. The molecule has 2 fully saturated rings. The lowest BCUT2D eigenvalue weighted by molar-refractivity contribution is 0.116. The van der Waals surface area contributed by atoms with E-state index >= 15 is 0 Å².